The first-order chi connectivity index (χ1) is 17.0. The molecule has 1 aliphatic rings. The first-order valence-corrected chi connectivity index (χ1v) is 11.2. The van der Waals surface area contributed by atoms with E-state index in [1.807, 2.05) is 31.2 Å². The minimum absolute atomic E-state index is 0.0386. The Kier molecular flexibility index (Phi) is 7.21. The Bertz CT molecular complexity index is 1250. The van der Waals surface area contributed by atoms with Gasteiger partial charge < -0.3 is 30.0 Å². The Morgan fingerprint density at radius 2 is 1.89 bits per heavy atom. The number of hydrogen-bond donors (Lipinski definition) is 3. The molecule has 0 spiro atoms. The van der Waals surface area contributed by atoms with Crippen molar-refractivity contribution in [3.8, 4) is 17.2 Å². The molecule has 1 aromatic heterocycles. The van der Waals surface area contributed by atoms with Crippen LogP contribution in [0.1, 0.15) is 30.8 Å². The maximum Gasteiger partial charge on any atom is 0.255 e. The van der Waals surface area contributed by atoms with Gasteiger partial charge >= 0.3 is 0 Å². The van der Waals surface area contributed by atoms with Gasteiger partial charge in [0.05, 0.1) is 32.6 Å². The number of aryl methyl sites for hydroxylation is 1. The van der Waals surface area contributed by atoms with Crippen LogP contribution >= 0.6 is 0 Å². The van der Waals surface area contributed by atoms with Crippen LogP contribution in [0.3, 0.4) is 0 Å². The summed E-state index contributed by atoms with van der Waals surface area (Å²) in [6.07, 6.45) is 1.04. The largest absolute Gasteiger partial charge is 0.497 e. The van der Waals surface area contributed by atoms with Crippen molar-refractivity contribution in [1.82, 2.24) is 14.8 Å². The van der Waals surface area contributed by atoms with E-state index in [1.54, 1.807) is 44.2 Å². The number of carbonyl (C=O) groups excluding carboxylic acids is 1. The van der Waals surface area contributed by atoms with E-state index in [0.717, 1.165) is 5.56 Å². The molecule has 0 radical (unpaired) electrons. The van der Waals surface area contributed by atoms with Crippen LogP contribution in [-0.4, -0.2) is 53.7 Å². The van der Waals surface area contributed by atoms with Gasteiger partial charge in [-0.15, -0.1) is 0 Å². The Hall–Kier alpha value is -4.05. The lowest BCUT2D eigenvalue weighted by molar-refractivity contribution is -0.113. The summed E-state index contributed by atoms with van der Waals surface area (Å²) in [5.74, 6) is 2.48. The summed E-state index contributed by atoms with van der Waals surface area (Å²) >= 11 is 0. The number of fused-ring (bicyclic) bond motifs is 1. The van der Waals surface area contributed by atoms with Gasteiger partial charge in [-0.1, -0.05) is 12.1 Å². The zero-order chi connectivity index (χ0) is 24.9. The molecular formula is C25H29N5O5. The van der Waals surface area contributed by atoms with Gasteiger partial charge in [0, 0.05) is 30.4 Å². The molecule has 1 unspecified atom stereocenters. The maximum absolute atomic E-state index is 13.7. The van der Waals surface area contributed by atoms with Crippen molar-refractivity contribution in [2.75, 3.05) is 38.6 Å². The van der Waals surface area contributed by atoms with Gasteiger partial charge in [-0.3, -0.25) is 4.79 Å². The van der Waals surface area contributed by atoms with E-state index in [9.17, 15) is 9.90 Å². The van der Waals surface area contributed by atoms with Crippen LogP contribution in [0.4, 0.5) is 11.6 Å². The van der Waals surface area contributed by atoms with Gasteiger partial charge in [0.1, 0.15) is 23.3 Å². The van der Waals surface area contributed by atoms with Crippen LogP contribution in [0, 0.1) is 0 Å². The number of nitrogens with zero attached hydrogens (tertiary/aromatic N) is 3. The summed E-state index contributed by atoms with van der Waals surface area (Å²) in [5, 5.41) is 20.1. The first kappa shape index (κ1) is 24.1. The third kappa shape index (κ3) is 4.78. The van der Waals surface area contributed by atoms with Crippen molar-refractivity contribution in [3.63, 3.8) is 0 Å². The number of aromatic nitrogens is 3. The lowest BCUT2D eigenvalue weighted by Crippen LogP contribution is -2.31. The summed E-state index contributed by atoms with van der Waals surface area (Å²) in [6.45, 7) is 1.86. The number of allylic oxidation sites excluding steroid dienone is 1. The molecule has 1 atom stereocenters. The Morgan fingerprint density at radius 1 is 1.11 bits per heavy atom. The standard InChI is InChI=1S/C25H29N5O5/c1-15-22(24(32)27-18-8-5-6-9-19(18)34-3)23(17-12-11-16(33-2)14-20(17)35-4)30-25(26-15)28-21(29-30)10-7-13-31/h5-6,8-9,11-12,14,23,31H,7,10,13H2,1-4H3,(H,27,32)(H,26,28,29). The quantitative estimate of drug-likeness (QED) is 0.428. The van der Waals surface area contributed by atoms with Crippen LogP contribution in [-0.2, 0) is 11.2 Å². The number of benzene rings is 2. The van der Waals surface area contributed by atoms with Crippen LogP contribution in [0.2, 0.25) is 0 Å². The second kappa shape index (κ2) is 10.5. The molecule has 184 valence electrons. The van der Waals surface area contributed by atoms with E-state index < -0.39 is 6.04 Å². The fourth-order valence-corrected chi connectivity index (χ4v) is 4.10. The fraction of sp³-hybridized carbons (Fsp3) is 0.320. The molecule has 3 aromatic rings. The molecule has 0 bridgehead atoms. The number of nitrogens with one attached hydrogen (secondary N) is 2. The highest BCUT2D eigenvalue weighted by Gasteiger charge is 2.36. The maximum atomic E-state index is 13.7. The molecule has 0 fully saturated rings. The molecule has 0 saturated heterocycles. The van der Waals surface area contributed by atoms with Gasteiger partial charge in [-0.2, -0.15) is 10.1 Å². The van der Waals surface area contributed by atoms with Crippen LogP contribution in [0.25, 0.3) is 0 Å². The lowest BCUT2D eigenvalue weighted by Gasteiger charge is -2.29. The van der Waals surface area contributed by atoms with E-state index in [2.05, 4.69) is 20.7 Å². The molecule has 10 heteroatoms. The lowest BCUT2D eigenvalue weighted by atomic mass is 9.94. The molecule has 3 N–H and O–H groups in total. The number of ether oxygens (including phenoxy) is 3. The SMILES string of the molecule is COc1ccc(C2C(C(=O)Nc3ccccc3OC)=C(C)Nc3nc(CCCO)nn32)c(OC)c1. The number of amides is 1. The summed E-state index contributed by atoms with van der Waals surface area (Å²) in [4.78, 5) is 18.3. The minimum Gasteiger partial charge on any atom is -0.497 e. The summed E-state index contributed by atoms with van der Waals surface area (Å²) < 4.78 is 18.1. The third-order valence-corrected chi connectivity index (χ3v) is 5.79. The van der Waals surface area contributed by atoms with Crippen LogP contribution < -0.4 is 24.8 Å². The minimum atomic E-state index is -0.628. The van der Waals surface area contributed by atoms with Crippen molar-refractivity contribution in [2.45, 2.75) is 25.8 Å². The van der Waals surface area contributed by atoms with Gasteiger partial charge in [-0.05, 0) is 37.6 Å². The number of hydrogen-bond acceptors (Lipinski definition) is 8. The molecule has 2 heterocycles. The van der Waals surface area contributed by atoms with E-state index in [1.165, 1.54) is 0 Å². The van der Waals surface area contributed by atoms with Crippen molar-refractivity contribution < 1.29 is 24.1 Å². The van der Waals surface area contributed by atoms with E-state index in [-0.39, 0.29) is 12.5 Å². The topological polar surface area (TPSA) is 120 Å². The number of anilines is 2. The highest BCUT2D eigenvalue weighted by Crippen LogP contribution is 2.41. The molecule has 2 aromatic carbocycles. The number of aliphatic hydroxyl groups is 1. The molecule has 0 saturated carbocycles. The van der Waals surface area contributed by atoms with Crippen LogP contribution in [0.15, 0.2) is 53.7 Å². The highest BCUT2D eigenvalue weighted by molar-refractivity contribution is 6.06. The Morgan fingerprint density at radius 3 is 2.60 bits per heavy atom. The predicted octanol–water partition coefficient (Wildman–Crippen LogP) is 3.16. The monoisotopic (exact) mass is 479 g/mol. The smallest absolute Gasteiger partial charge is 0.255 e. The molecule has 1 amide bonds. The molecule has 0 aliphatic carbocycles. The molecule has 35 heavy (non-hydrogen) atoms. The van der Waals surface area contributed by atoms with Gasteiger partial charge in [-0.25, -0.2) is 4.68 Å². The molecule has 1 aliphatic heterocycles. The predicted molar refractivity (Wildman–Crippen MR) is 131 cm³/mol. The third-order valence-electron chi connectivity index (χ3n) is 5.79. The van der Waals surface area contributed by atoms with E-state index >= 15 is 0 Å². The van der Waals surface area contributed by atoms with Crippen LogP contribution in [0.5, 0.6) is 17.2 Å². The molecule has 4 rings (SSSR count). The zero-order valence-corrected chi connectivity index (χ0v) is 20.2. The average molecular weight is 480 g/mol. The number of para-hydroxylation sites is 2. The van der Waals surface area contributed by atoms with Gasteiger partial charge in [0.25, 0.3) is 5.91 Å². The van der Waals surface area contributed by atoms with Gasteiger partial charge in [0.2, 0.25) is 5.95 Å². The van der Waals surface area contributed by atoms with Crippen molar-refractivity contribution >= 4 is 17.5 Å². The normalized spacial score (nSPS) is 14.7. The Labute approximate surface area is 203 Å². The molecule has 10 nitrogen and oxygen atoms in total. The summed E-state index contributed by atoms with van der Waals surface area (Å²) in [6, 6.07) is 12.0. The average Bonchev–Trinajstić information content (AvgIpc) is 3.28. The van der Waals surface area contributed by atoms with E-state index in [0.29, 0.717) is 58.8 Å². The number of aliphatic hydroxyl groups excluding tert-OH is 1. The molecular weight excluding hydrogens is 450 g/mol. The highest BCUT2D eigenvalue weighted by atomic mass is 16.5. The van der Waals surface area contributed by atoms with Gasteiger partial charge in [0.15, 0.2) is 5.82 Å². The summed E-state index contributed by atoms with van der Waals surface area (Å²) in [5.41, 5.74) is 2.35. The van der Waals surface area contributed by atoms with Crippen molar-refractivity contribution in [3.05, 3.63) is 65.1 Å². The summed E-state index contributed by atoms with van der Waals surface area (Å²) in [7, 11) is 4.70. The number of methoxy groups -OCH3 is 3. The second-order valence-electron chi connectivity index (χ2n) is 7.95. The zero-order valence-electron chi connectivity index (χ0n) is 20.2. The Balaban J connectivity index is 1.82. The fourth-order valence-electron chi connectivity index (χ4n) is 4.10. The van der Waals surface area contributed by atoms with Crippen molar-refractivity contribution in [2.24, 2.45) is 0 Å². The first-order valence-electron chi connectivity index (χ1n) is 11.2. The van der Waals surface area contributed by atoms with Crippen molar-refractivity contribution in [1.29, 1.82) is 0 Å². The second-order valence-corrected chi connectivity index (χ2v) is 7.95. The van der Waals surface area contributed by atoms with E-state index in [4.69, 9.17) is 14.2 Å². The number of rotatable bonds is 9. The number of carbonyl (C=O) groups is 1.